The van der Waals surface area contributed by atoms with Crippen molar-refractivity contribution in [1.29, 1.82) is 5.26 Å². The average Bonchev–Trinajstić information content (AvgIpc) is 2.49. The summed E-state index contributed by atoms with van der Waals surface area (Å²) < 4.78 is 5.73. The van der Waals surface area contributed by atoms with Gasteiger partial charge in [0.1, 0.15) is 11.8 Å². The lowest BCUT2D eigenvalue weighted by molar-refractivity contribution is 0.194. The van der Waals surface area contributed by atoms with E-state index in [2.05, 4.69) is 31.7 Å². The van der Waals surface area contributed by atoms with E-state index >= 15 is 0 Å². The smallest absolute Gasteiger partial charge is 0.137 e. The molecule has 21 heavy (non-hydrogen) atoms. The Balaban J connectivity index is 2.32. The molecule has 0 spiro atoms. The lowest BCUT2D eigenvalue weighted by atomic mass is 10.2. The molecule has 0 N–H and O–H groups in total. The van der Waals surface area contributed by atoms with Crippen LogP contribution in [-0.2, 0) is 0 Å². The van der Waals surface area contributed by atoms with Crippen molar-refractivity contribution in [2.45, 2.75) is 52.5 Å². The van der Waals surface area contributed by atoms with Crippen LogP contribution in [0.4, 0.5) is 0 Å². The van der Waals surface area contributed by atoms with Crippen LogP contribution < -0.4 is 4.74 Å². The third-order valence-corrected chi connectivity index (χ3v) is 3.63. The predicted molar refractivity (Wildman–Crippen MR) is 87.5 cm³/mol. The van der Waals surface area contributed by atoms with E-state index in [4.69, 9.17) is 10.00 Å². The molecule has 0 heterocycles. The van der Waals surface area contributed by atoms with Gasteiger partial charge in [0, 0.05) is 12.6 Å². The molecular weight excluding hydrogens is 260 g/mol. The monoisotopic (exact) mass is 288 g/mol. The number of ether oxygens (including phenoxy) is 1. The third-order valence-electron chi connectivity index (χ3n) is 3.63. The maximum atomic E-state index is 9.02. The van der Waals surface area contributed by atoms with Crippen molar-refractivity contribution in [3.05, 3.63) is 29.8 Å². The first-order valence-corrected chi connectivity index (χ1v) is 8.05. The lowest BCUT2D eigenvalue weighted by Crippen LogP contribution is -2.33. The second kappa shape index (κ2) is 10.2. The fourth-order valence-corrected chi connectivity index (χ4v) is 2.33. The molecule has 0 unspecified atom stereocenters. The second-order valence-electron chi connectivity index (χ2n) is 5.65. The van der Waals surface area contributed by atoms with Gasteiger partial charge in [-0.3, -0.25) is 0 Å². The van der Waals surface area contributed by atoms with E-state index in [1.807, 2.05) is 18.2 Å². The number of benzene rings is 1. The number of unbranched alkanes of at least 4 members (excludes halogenated alkanes) is 2. The van der Waals surface area contributed by atoms with Crippen molar-refractivity contribution < 1.29 is 4.74 Å². The topological polar surface area (TPSA) is 36.3 Å². The van der Waals surface area contributed by atoms with E-state index < -0.39 is 0 Å². The van der Waals surface area contributed by atoms with Crippen molar-refractivity contribution in [1.82, 2.24) is 4.90 Å². The highest BCUT2D eigenvalue weighted by molar-refractivity contribution is 5.42. The van der Waals surface area contributed by atoms with E-state index in [1.165, 1.54) is 25.8 Å². The summed E-state index contributed by atoms with van der Waals surface area (Å²) in [5.41, 5.74) is 0.612. The molecule has 0 radical (unpaired) electrons. The molecule has 0 aliphatic heterocycles. The van der Waals surface area contributed by atoms with Crippen LogP contribution in [0.2, 0.25) is 0 Å². The highest BCUT2D eigenvalue weighted by Gasteiger charge is 2.09. The number of nitriles is 1. The zero-order valence-electron chi connectivity index (χ0n) is 13.6. The van der Waals surface area contributed by atoms with Crippen molar-refractivity contribution in [2.24, 2.45) is 0 Å². The molecule has 116 valence electrons. The van der Waals surface area contributed by atoms with Gasteiger partial charge >= 0.3 is 0 Å². The van der Waals surface area contributed by atoms with E-state index in [9.17, 15) is 0 Å². The first-order chi connectivity index (χ1) is 10.2. The Bertz CT molecular complexity index is 437. The van der Waals surface area contributed by atoms with Crippen LogP contribution in [0.5, 0.6) is 5.75 Å². The standard InChI is InChI=1S/C18H28N2O/c1-4-5-8-12-20(16(2)3)13-9-14-21-18-11-7-6-10-17(18)15-19/h6-7,10-11,16H,4-5,8-9,12-14H2,1-3H3. The van der Waals surface area contributed by atoms with Gasteiger partial charge in [-0.1, -0.05) is 31.9 Å². The fourth-order valence-electron chi connectivity index (χ4n) is 2.33. The zero-order chi connectivity index (χ0) is 15.5. The lowest BCUT2D eigenvalue weighted by Gasteiger charge is -2.26. The molecule has 3 nitrogen and oxygen atoms in total. The van der Waals surface area contributed by atoms with E-state index in [-0.39, 0.29) is 0 Å². The fraction of sp³-hybridized carbons (Fsp3) is 0.611. The number of nitrogens with zero attached hydrogens (tertiary/aromatic N) is 2. The Morgan fingerprint density at radius 1 is 1.14 bits per heavy atom. The Labute approximate surface area is 129 Å². The van der Waals surface area contributed by atoms with Gasteiger partial charge in [-0.05, 0) is 45.4 Å². The van der Waals surface area contributed by atoms with Crippen LogP contribution in [-0.4, -0.2) is 30.6 Å². The summed E-state index contributed by atoms with van der Waals surface area (Å²) in [5.74, 6) is 0.696. The van der Waals surface area contributed by atoms with E-state index in [0.717, 1.165) is 13.0 Å². The van der Waals surface area contributed by atoms with Gasteiger partial charge in [0.05, 0.1) is 12.2 Å². The molecule has 0 aromatic heterocycles. The van der Waals surface area contributed by atoms with Crippen LogP contribution in [0.1, 0.15) is 52.0 Å². The van der Waals surface area contributed by atoms with Crippen molar-refractivity contribution >= 4 is 0 Å². The number of hydrogen-bond acceptors (Lipinski definition) is 3. The van der Waals surface area contributed by atoms with E-state index in [0.29, 0.717) is 24.0 Å². The van der Waals surface area contributed by atoms with Crippen molar-refractivity contribution in [3.8, 4) is 11.8 Å². The molecule has 0 aliphatic rings. The summed E-state index contributed by atoms with van der Waals surface area (Å²) in [5, 5.41) is 9.02. The van der Waals surface area contributed by atoms with Crippen LogP contribution in [0.25, 0.3) is 0 Å². The summed E-state index contributed by atoms with van der Waals surface area (Å²) in [7, 11) is 0. The largest absolute Gasteiger partial charge is 0.492 e. The zero-order valence-corrected chi connectivity index (χ0v) is 13.6. The maximum absolute atomic E-state index is 9.02. The third kappa shape index (κ3) is 6.64. The Hall–Kier alpha value is -1.53. The Morgan fingerprint density at radius 2 is 1.86 bits per heavy atom. The highest BCUT2D eigenvalue weighted by Crippen LogP contribution is 2.16. The summed E-state index contributed by atoms with van der Waals surface area (Å²) in [4.78, 5) is 2.51. The van der Waals surface area contributed by atoms with Gasteiger partial charge in [0.2, 0.25) is 0 Å². The second-order valence-corrected chi connectivity index (χ2v) is 5.65. The SMILES string of the molecule is CCCCCN(CCCOc1ccccc1C#N)C(C)C. The predicted octanol–water partition coefficient (Wildman–Crippen LogP) is 4.23. The average molecular weight is 288 g/mol. The first-order valence-electron chi connectivity index (χ1n) is 8.05. The summed E-state index contributed by atoms with van der Waals surface area (Å²) in [6, 6.07) is 10.2. The molecule has 0 saturated carbocycles. The molecule has 0 amide bonds. The molecular formula is C18H28N2O. The highest BCUT2D eigenvalue weighted by atomic mass is 16.5. The minimum Gasteiger partial charge on any atom is -0.492 e. The van der Waals surface area contributed by atoms with Gasteiger partial charge in [-0.15, -0.1) is 0 Å². The molecule has 0 aliphatic carbocycles. The normalized spacial score (nSPS) is 10.9. The minimum atomic E-state index is 0.577. The van der Waals surface area contributed by atoms with Gasteiger partial charge in [-0.2, -0.15) is 5.26 Å². The number of hydrogen-bond donors (Lipinski definition) is 0. The quantitative estimate of drug-likeness (QED) is 0.605. The maximum Gasteiger partial charge on any atom is 0.137 e. The van der Waals surface area contributed by atoms with Gasteiger partial charge < -0.3 is 9.64 Å². The summed E-state index contributed by atoms with van der Waals surface area (Å²) >= 11 is 0. The first kappa shape index (κ1) is 17.5. The molecule has 0 fully saturated rings. The molecule has 1 aromatic rings. The number of rotatable bonds is 10. The molecule has 1 rings (SSSR count). The molecule has 3 heteroatoms. The van der Waals surface area contributed by atoms with Gasteiger partial charge in [-0.25, -0.2) is 0 Å². The number of para-hydroxylation sites is 1. The molecule has 0 saturated heterocycles. The molecule has 0 atom stereocenters. The Morgan fingerprint density at radius 3 is 2.52 bits per heavy atom. The van der Waals surface area contributed by atoms with Gasteiger partial charge in [0.15, 0.2) is 0 Å². The molecule has 1 aromatic carbocycles. The van der Waals surface area contributed by atoms with Crippen LogP contribution in [0.15, 0.2) is 24.3 Å². The van der Waals surface area contributed by atoms with Crippen LogP contribution in [0.3, 0.4) is 0 Å². The molecule has 0 bridgehead atoms. The van der Waals surface area contributed by atoms with Crippen molar-refractivity contribution in [3.63, 3.8) is 0 Å². The van der Waals surface area contributed by atoms with Gasteiger partial charge in [0.25, 0.3) is 0 Å². The van der Waals surface area contributed by atoms with E-state index in [1.54, 1.807) is 6.07 Å². The minimum absolute atomic E-state index is 0.577. The van der Waals surface area contributed by atoms with Crippen LogP contribution in [0, 0.1) is 11.3 Å². The summed E-state index contributed by atoms with van der Waals surface area (Å²) in [6.07, 6.45) is 4.83. The Kier molecular flexibility index (Phi) is 8.54. The summed E-state index contributed by atoms with van der Waals surface area (Å²) in [6.45, 7) is 9.61. The van der Waals surface area contributed by atoms with Crippen LogP contribution >= 0.6 is 0 Å². The van der Waals surface area contributed by atoms with Crippen molar-refractivity contribution in [2.75, 3.05) is 19.7 Å².